The summed E-state index contributed by atoms with van der Waals surface area (Å²) in [6.45, 7) is 9.36. The van der Waals surface area contributed by atoms with Gasteiger partial charge in [-0.05, 0) is 62.5 Å². The third kappa shape index (κ3) is 5.09. The molecule has 1 fully saturated rings. The molecule has 1 aliphatic rings. The van der Waals surface area contributed by atoms with Gasteiger partial charge in [-0.15, -0.1) is 0 Å². The minimum Gasteiger partial charge on any atom is -0.477 e. The summed E-state index contributed by atoms with van der Waals surface area (Å²) in [4.78, 5) is 9.08. The van der Waals surface area contributed by atoms with E-state index >= 15 is 0 Å². The summed E-state index contributed by atoms with van der Waals surface area (Å²) in [7, 11) is 0. The van der Waals surface area contributed by atoms with Crippen LogP contribution in [0.2, 0.25) is 0 Å². The van der Waals surface area contributed by atoms with Gasteiger partial charge in [-0.1, -0.05) is 56.9 Å². The molecule has 0 amide bonds. The summed E-state index contributed by atoms with van der Waals surface area (Å²) in [6, 6.07) is 6.84. The van der Waals surface area contributed by atoms with Gasteiger partial charge in [-0.25, -0.2) is 4.98 Å². The zero-order valence-corrected chi connectivity index (χ0v) is 17.4. The Kier molecular flexibility index (Phi) is 6.87. The molecule has 0 radical (unpaired) electrons. The molecule has 1 heterocycles. The van der Waals surface area contributed by atoms with Crippen LogP contribution in [-0.2, 0) is 6.42 Å². The average molecular weight is 367 g/mol. The van der Waals surface area contributed by atoms with Crippen LogP contribution in [0.4, 0.5) is 0 Å². The van der Waals surface area contributed by atoms with Crippen molar-refractivity contribution in [1.29, 1.82) is 0 Å². The molecule has 0 bridgehead atoms. The van der Waals surface area contributed by atoms with Crippen molar-refractivity contribution in [3.05, 3.63) is 52.5 Å². The molecule has 27 heavy (non-hydrogen) atoms. The predicted octanol–water partition coefficient (Wildman–Crippen LogP) is 6.28. The smallest absolute Gasteiger partial charge is 0.220 e. The fourth-order valence-electron chi connectivity index (χ4n) is 4.28. The van der Waals surface area contributed by atoms with Gasteiger partial charge in [0.25, 0.3) is 0 Å². The van der Waals surface area contributed by atoms with Crippen LogP contribution in [-0.4, -0.2) is 16.6 Å². The highest BCUT2D eigenvalue weighted by Crippen LogP contribution is 2.36. The second kappa shape index (κ2) is 9.34. The molecule has 0 aliphatic heterocycles. The van der Waals surface area contributed by atoms with Gasteiger partial charge in [0.2, 0.25) is 5.88 Å². The Labute approximate surface area is 164 Å². The van der Waals surface area contributed by atoms with Crippen LogP contribution < -0.4 is 4.74 Å². The van der Waals surface area contributed by atoms with Crippen LogP contribution in [0.5, 0.6) is 5.88 Å². The van der Waals surface area contributed by atoms with Gasteiger partial charge in [-0.3, -0.25) is 0 Å². The molecule has 1 aromatic heterocycles. The first-order valence-electron chi connectivity index (χ1n) is 10.6. The largest absolute Gasteiger partial charge is 0.477 e. The highest BCUT2D eigenvalue weighted by Gasteiger charge is 2.21. The number of ether oxygens (including phenoxy) is 1. The SMILES string of the molecule is CCc1cc(C)ccc1C(C)CCOc1nc(C)ncc1C1CCCCC1. The lowest BCUT2D eigenvalue weighted by atomic mass is 9.85. The molecule has 0 saturated heterocycles. The molecular weight excluding hydrogens is 332 g/mol. The van der Waals surface area contributed by atoms with E-state index in [0.717, 1.165) is 24.5 Å². The highest BCUT2D eigenvalue weighted by atomic mass is 16.5. The first-order valence-corrected chi connectivity index (χ1v) is 10.6. The van der Waals surface area contributed by atoms with Crippen molar-refractivity contribution < 1.29 is 4.74 Å². The Balaban J connectivity index is 1.65. The van der Waals surface area contributed by atoms with E-state index < -0.39 is 0 Å². The molecule has 1 atom stereocenters. The molecule has 2 aromatic rings. The van der Waals surface area contributed by atoms with E-state index in [9.17, 15) is 0 Å². The Morgan fingerprint density at radius 1 is 1.15 bits per heavy atom. The van der Waals surface area contributed by atoms with E-state index in [1.807, 2.05) is 13.1 Å². The first kappa shape index (κ1) is 19.9. The van der Waals surface area contributed by atoms with Crippen LogP contribution in [0, 0.1) is 13.8 Å². The Morgan fingerprint density at radius 2 is 1.93 bits per heavy atom. The Hall–Kier alpha value is -1.90. The van der Waals surface area contributed by atoms with Crippen molar-refractivity contribution in [3.63, 3.8) is 0 Å². The van der Waals surface area contributed by atoms with Gasteiger partial charge in [0, 0.05) is 11.8 Å². The number of benzene rings is 1. The lowest BCUT2D eigenvalue weighted by Crippen LogP contribution is -2.12. The Morgan fingerprint density at radius 3 is 2.67 bits per heavy atom. The number of hydrogen-bond donors (Lipinski definition) is 0. The minimum absolute atomic E-state index is 0.488. The second-order valence-electron chi connectivity index (χ2n) is 8.11. The number of rotatable bonds is 7. The maximum absolute atomic E-state index is 6.21. The molecule has 0 N–H and O–H groups in total. The maximum Gasteiger partial charge on any atom is 0.220 e. The van der Waals surface area contributed by atoms with Gasteiger partial charge in [-0.2, -0.15) is 4.98 Å². The molecule has 1 aromatic carbocycles. The standard InChI is InChI=1S/C24H34N2O/c1-5-20-15-17(2)11-12-22(20)18(3)13-14-27-24-23(16-25-19(4)26-24)21-9-7-6-8-10-21/h11-12,15-16,18,21H,5-10,13-14H2,1-4H3. The quantitative estimate of drug-likeness (QED) is 0.579. The van der Waals surface area contributed by atoms with Crippen LogP contribution in [0.1, 0.15) is 92.3 Å². The predicted molar refractivity (Wildman–Crippen MR) is 112 cm³/mol. The van der Waals surface area contributed by atoms with E-state index in [2.05, 4.69) is 48.9 Å². The zero-order valence-electron chi connectivity index (χ0n) is 17.4. The van der Waals surface area contributed by atoms with Crippen molar-refractivity contribution in [2.24, 2.45) is 0 Å². The number of nitrogens with zero attached hydrogens (tertiary/aromatic N) is 2. The lowest BCUT2D eigenvalue weighted by molar-refractivity contribution is 0.280. The van der Waals surface area contributed by atoms with Gasteiger partial charge in [0.1, 0.15) is 5.82 Å². The number of aromatic nitrogens is 2. The van der Waals surface area contributed by atoms with Crippen LogP contribution >= 0.6 is 0 Å². The van der Waals surface area contributed by atoms with Gasteiger partial charge < -0.3 is 4.74 Å². The summed E-state index contributed by atoms with van der Waals surface area (Å²) in [6.07, 6.45) is 10.5. The second-order valence-corrected chi connectivity index (χ2v) is 8.11. The number of aryl methyl sites for hydroxylation is 3. The topological polar surface area (TPSA) is 35.0 Å². The van der Waals surface area contributed by atoms with E-state index in [4.69, 9.17) is 4.74 Å². The number of hydrogen-bond acceptors (Lipinski definition) is 3. The Bertz CT molecular complexity index is 750. The van der Waals surface area contributed by atoms with Crippen molar-refractivity contribution in [1.82, 2.24) is 9.97 Å². The summed E-state index contributed by atoms with van der Waals surface area (Å²) < 4.78 is 6.21. The fraction of sp³-hybridized carbons (Fsp3) is 0.583. The van der Waals surface area contributed by atoms with Crippen molar-refractivity contribution in [2.45, 2.75) is 84.5 Å². The van der Waals surface area contributed by atoms with E-state index in [1.165, 1.54) is 54.4 Å². The molecule has 146 valence electrons. The van der Waals surface area contributed by atoms with E-state index in [0.29, 0.717) is 18.4 Å². The summed E-state index contributed by atoms with van der Waals surface area (Å²) in [5.41, 5.74) is 5.48. The summed E-state index contributed by atoms with van der Waals surface area (Å²) >= 11 is 0. The van der Waals surface area contributed by atoms with E-state index in [-0.39, 0.29) is 0 Å². The van der Waals surface area contributed by atoms with Crippen molar-refractivity contribution >= 4 is 0 Å². The molecule has 0 spiro atoms. The highest BCUT2D eigenvalue weighted by molar-refractivity contribution is 5.34. The molecule has 3 nitrogen and oxygen atoms in total. The lowest BCUT2D eigenvalue weighted by Gasteiger charge is -2.23. The average Bonchev–Trinajstić information content (AvgIpc) is 2.68. The molecule has 1 aliphatic carbocycles. The normalized spacial score (nSPS) is 16.3. The summed E-state index contributed by atoms with van der Waals surface area (Å²) in [5.74, 6) is 2.67. The van der Waals surface area contributed by atoms with Crippen LogP contribution in [0.15, 0.2) is 24.4 Å². The van der Waals surface area contributed by atoms with Crippen molar-refractivity contribution in [3.8, 4) is 5.88 Å². The van der Waals surface area contributed by atoms with E-state index in [1.54, 1.807) is 0 Å². The summed E-state index contributed by atoms with van der Waals surface area (Å²) in [5, 5.41) is 0. The van der Waals surface area contributed by atoms with Crippen LogP contribution in [0.25, 0.3) is 0 Å². The molecule has 1 unspecified atom stereocenters. The maximum atomic E-state index is 6.21. The molecular formula is C24H34N2O. The first-order chi connectivity index (χ1) is 13.1. The third-order valence-corrected chi connectivity index (χ3v) is 5.95. The van der Waals surface area contributed by atoms with Crippen molar-refractivity contribution in [2.75, 3.05) is 6.61 Å². The zero-order chi connectivity index (χ0) is 19.2. The third-order valence-electron chi connectivity index (χ3n) is 5.95. The minimum atomic E-state index is 0.488. The van der Waals surface area contributed by atoms with Gasteiger partial charge in [0.15, 0.2) is 0 Å². The van der Waals surface area contributed by atoms with Gasteiger partial charge >= 0.3 is 0 Å². The molecule has 1 saturated carbocycles. The monoisotopic (exact) mass is 366 g/mol. The molecule has 3 rings (SSSR count). The van der Waals surface area contributed by atoms with Crippen LogP contribution in [0.3, 0.4) is 0 Å². The van der Waals surface area contributed by atoms with Gasteiger partial charge in [0.05, 0.1) is 6.61 Å². The molecule has 3 heteroatoms. The fourth-order valence-corrected chi connectivity index (χ4v) is 4.28.